The van der Waals surface area contributed by atoms with Gasteiger partial charge in [-0.25, -0.2) is 0 Å². The molecule has 0 radical (unpaired) electrons. The molecule has 0 aliphatic carbocycles. The van der Waals surface area contributed by atoms with Crippen molar-refractivity contribution in [1.29, 1.82) is 0 Å². The highest BCUT2D eigenvalue weighted by Crippen LogP contribution is 2.29. The predicted octanol–water partition coefficient (Wildman–Crippen LogP) is 3.78. The Bertz CT molecular complexity index is 1020. The number of nitrogens with one attached hydrogen (secondary N) is 2. The molecule has 2 aromatic rings. The van der Waals surface area contributed by atoms with Crippen molar-refractivity contribution >= 4 is 40.3 Å². The first kappa shape index (κ1) is 23.4. The van der Waals surface area contributed by atoms with Crippen molar-refractivity contribution in [3.63, 3.8) is 0 Å². The van der Waals surface area contributed by atoms with Gasteiger partial charge in [-0.2, -0.15) is 0 Å². The number of nitrogens with zero attached hydrogens (tertiary/aromatic N) is 2. The van der Waals surface area contributed by atoms with Crippen LogP contribution in [0, 0.1) is 10.1 Å². The molecule has 32 heavy (non-hydrogen) atoms. The minimum absolute atomic E-state index is 0.00185. The third kappa shape index (κ3) is 5.51. The molecule has 1 saturated heterocycles. The van der Waals surface area contributed by atoms with Crippen LogP contribution in [0.1, 0.15) is 42.1 Å². The maximum absolute atomic E-state index is 13.0. The number of nitro benzene ring substituents is 1. The molecule has 1 fully saturated rings. The number of phenols is 1. The molecule has 0 unspecified atom stereocenters. The van der Waals surface area contributed by atoms with Crippen LogP contribution in [0.5, 0.6) is 5.75 Å². The highest BCUT2D eigenvalue weighted by atomic mass is 32.1. The molecule has 3 N–H and O–H groups in total. The fourth-order valence-corrected chi connectivity index (χ4v) is 3.62. The average molecular weight is 459 g/mol. The molecule has 2 aromatic carbocycles. The van der Waals surface area contributed by atoms with Gasteiger partial charge in [0.2, 0.25) is 0 Å². The van der Waals surface area contributed by atoms with Crippen molar-refractivity contribution in [2.45, 2.75) is 26.2 Å². The Labute approximate surface area is 191 Å². The third-order valence-electron chi connectivity index (χ3n) is 5.46. The molecule has 1 amide bonds. The zero-order chi connectivity index (χ0) is 23.3. The molecule has 0 saturated carbocycles. The number of nitro groups is 1. The smallest absolute Gasteiger partial charge is 0.270 e. The Balaban J connectivity index is 1.81. The number of hydrogen-bond acceptors (Lipinski definition) is 7. The topological polar surface area (TPSA) is 117 Å². The summed E-state index contributed by atoms with van der Waals surface area (Å²) in [6.45, 7) is 6.29. The van der Waals surface area contributed by atoms with Gasteiger partial charge in [0.1, 0.15) is 5.75 Å². The van der Waals surface area contributed by atoms with Crippen LogP contribution in [0.4, 0.5) is 17.1 Å². The fraction of sp³-hybridized carbons (Fsp3) is 0.364. The number of benzene rings is 2. The third-order valence-corrected chi connectivity index (χ3v) is 5.67. The summed E-state index contributed by atoms with van der Waals surface area (Å²) >= 11 is 5.27. The second kappa shape index (κ2) is 10.4. The highest BCUT2D eigenvalue weighted by Gasteiger charge is 2.23. The maximum atomic E-state index is 13.0. The van der Waals surface area contributed by atoms with Crippen LogP contribution in [0.25, 0.3) is 0 Å². The van der Waals surface area contributed by atoms with E-state index in [1.807, 2.05) is 11.0 Å². The highest BCUT2D eigenvalue weighted by molar-refractivity contribution is 7.80. The minimum atomic E-state index is -0.578. The van der Waals surface area contributed by atoms with Crippen LogP contribution in [0.3, 0.4) is 0 Å². The molecule has 10 heteroatoms. The van der Waals surface area contributed by atoms with E-state index < -0.39 is 10.8 Å². The van der Waals surface area contributed by atoms with E-state index >= 15 is 0 Å². The second-order valence-electron chi connectivity index (χ2n) is 7.55. The number of carbonyl (C=O) groups excluding carboxylic acids is 1. The first-order chi connectivity index (χ1) is 15.3. The Morgan fingerprint density at radius 2 is 2.00 bits per heavy atom. The van der Waals surface area contributed by atoms with Gasteiger partial charge in [0, 0.05) is 25.2 Å². The van der Waals surface area contributed by atoms with Crippen molar-refractivity contribution in [1.82, 2.24) is 5.32 Å². The molecule has 1 atom stereocenters. The SMILES string of the molecule is CC[C@H](C)c1ccc(O)c(NC(=S)NC(=O)c2cc([N+](=O)[O-])ccc2N2CCOCC2)c1. The molecule has 0 bridgehead atoms. The van der Waals surface area contributed by atoms with Crippen molar-refractivity contribution in [2.24, 2.45) is 0 Å². The summed E-state index contributed by atoms with van der Waals surface area (Å²) in [5.41, 5.74) is 1.92. The van der Waals surface area contributed by atoms with Gasteiger partial charge in [-0.05, 0) is 48.3 Å². The van der Waals surface area contributed by atoms with Crippen molar-refractivity contribution < 1.29 is 19.6 Å². The predicted molar refractivity (Wildman–Crippen MR) is 127 cm³/mol. The largest absolute Gasteiger partial charge is 0.506 e. The minimum Gasteiger partial charge on any atom is -0.506 e. The average Bonchev–Trinajstić information content (AvgIpc) is 2.80. The van der Waals surface area contributed by atoms with Crippen LogP contribution in [0.15, 0.2) is 36.4 Å². The van der Waals surface area contributed by atoms with E-state index in [9.17, 15) is 20.0 Å². The van der Waals surface area contributed by atoms with E-state index in [0.29, 0.717) is 43.6 Å². The number of hydrogen-bond donors (Lipinski definition) is 3. The Morgan fingerprint density at radius 1 is 1.28 bits per heavy atom. The van der Waals surface area contributed by atoms with E-state index in [1.54, 1.807) is 18.2 Å². The molecule has 1 aliphatic rings. The summed E-state index contributed by atoms with van der Waals surface area (Å²) in [6, 6.07) is 9.38. The lowest BCUT2D eigenvalue weighted by Crippen LogP contribution is -2.39. The number of amides is 1. The lowest BCUT2D eigenvalue weighted by molar-refractivity contribution is -0.384. The summed E-state index contributed by atoms with van der Waals surface area (Å²) < 4.78 is 5.36. The first-order valence-electron chi connectivity index (χ1n) is 10.4. The second-order valence-corrected chi connectivity index (χ2v) is 7.96. The van der Waals surface area contributed by atoms with E-state index in [0.717, 1.165) is 12.0 Å². The monoisotopic (exact) mass is 458 g/mol. The van der Waals surface area contributed by atoms with Gasteiger partial charge in [0.15, 0.2) is 5.11 Å². The number of carbonyl (C=O) groups is 1. The molecule has 170 valence electrons. The number of phenolic OH excluding ortho intramolecular Hbond substituents is 1. The number of ether oxygens (including phenoxy) is 1. The van der Waals surface area contributed by atoms with Crippen LogP contribution in [-0.4, -0.2) is 47.4 Å². The van der Waals surface area contributed by atoms with Gasteiger partial charge < -0.3 is 20.1 Å². The molecule has 1 aliphatic heterocycles. The van der Waals surface area contributed by atoms with Crippen molar-refractivity contribution in [3.8, 4) is 5.75 Å². The number of morpholine rings is 1. The first-order valence-corrected chi connectivity index (χ1v) is 10.8. The van der Waals surface area contributed by atoms with E-state index in [1.165, 1.54) is 12.1 Å². The number of anilines is 2. The Morgan fingerprint density at radius 3 is 2.66 bits per heavy atom. The Hall–Kier alpha value is -3.24. The molecular formula is C22H26N4O5S. The van der Waals surface area contributed by atoms with Gasteiger partial charge in [-0.3, -0.25) is 20.2 Å². The fourth-order valence-electron chi connectivity index (χ4n) is 3.42. The van der Waals surface area contributed by atoms with E-state index in [2.05, 4.69) is 24.5 Å². The zero-order valence-corrected chi connectivity index (χ0v) is 18.8. The molecule has 3 rings (SSSR count). The van der Waals surface area contributed by atoms with Crippen molar-refractivity contribution in [3.05, 3.63) is 57.6 Å². The lowest BCUT2D eigenvalue weighted by atomic mass is 9.98. The molecular weight excluding hydrogens is 432 g/mol. The lowest BCUT2D eigenvalue weighted by Gasteiger charge is -2.30. The Kier molecular flexibility index (Phi) is 7.60. The van der Waals surface area contributed by atoms with Crippen LogP contribution in [0.2, 0.25) is 0 Å². The summed E-state index contributed by atoms with van der Waals surface area (Å²) in [6.07, 6.45) is 0.933. The summed E-state index contributed by atoms with van der Waals surface area (Å²) in [5, 5.41) is 26.8. The normalized spacial score (nSPS) is 14.5. The standard InChI is InChI=1S/C22H26N4O5S/c1-3-14(2)15-4-7-20(27)18(12-15)23-22(32)24-21(28)17-13-16(26(29)30)5-6-19(17)25-8-10-31-11-9-25/h4-7,12-14,27H,3,8-11H2,1-2H3,(H2,23,24,28,32)/t14-/m0/s1. The quantitative estimate of drug-likeness (QED) is 0.259. The van der Waals surface area contributed by atoms with Gasteiger partial charge >= 0.3 is 0 Å². The molecule has 0 spiro atoms. The molecule has 0 aromatic heterocycles. The van der Waals surface area contributed by atoms with Gasteiger partial charge in [0.05, 0.1) is 35.1 Å². The summed E-state index contributed by atoms with van der Waals surface area (Å²) in [4.78, 5) is 25.7. The van der Waals surface area contributed by atoms with Gasteiger partial charge in [0.25, 0.3) is 11.6 Å². The van der Waals surface area contributed by atoms with E-state index in [4.69, 9.17) is 17.0 Å². The number of thiocarbonyl (C=S) groups is 1. The number of aromatic hydroxyl groups is 1. The van der Waals surface area contributed by atoms with Crippen LogP contribution in [-0.2, 0) is 4.74 Å². The van der Waals surface area contributed by atoms with Crippen LogP contribution >= 0.6 is 12.2 Å². The zero-order valence-electron chi connectivity index (χ0n) is 18.0. The van der Waals surface area contributed by atoms with Gasteiger partial charge in [-0.1, -0.05) is 19.9 Å². The number of rotatable bonds is 6. The van der Waals surface area contributed by atoms with Crippen LogP contribution < -0.4 is 15.5 Å². The molecule has 1 heterocycles. The summed E-state index contributed by atoms with van der Waals surface area (Å²) in [7, 11) is 0. The summed E-state index contributed by atoms with van der Waals surface area (Å²) in [5.74, 6) is -0.288. The van der Waals surface area contributed by atoms with Crippen molar-refractivity contribution in [2.75, 3.05) is 36.5 Å². The van der Waals surface area contributed by atoms with Gasteiger partial charge in [-0.15, -0.1) is 0 Å². The molecule has 9 nitrogen and oxygen atoms in total. The van der Waals surface area contributed by atoms with E-state index in [-0.39, 0.29) is 22.1 Å². The number of non-ortho nitro benzene ring substituents is 1. The maximum Gasteiger partial charge on any atom is 0.270 e.